The van der Waals surface area contributed by atoms with Gasteiger partial charge < -0.3 is 5.73 Å². The quantitative estimate of drug-likeness (QED) is 0.861. The Hall–Kier alpha value is -1.36. The molecule has 0 aromatic carbocycles. The van der Waals surface area contributed by atoms with Crippen LogP contribution < -0.4 is 5.73 Å². The van der Waals surface area contributed by atoms with E-state index in [0.29, 0.717) is 5.82 Å². The highest BCUT2D eigenvalue weighted by Crippen LogP contribution is 2.29. The number of aromatic nitrogens is 3. The van der Waals surface area contributed by atoms with E-state index in [-0.39, 0.29) is 0 Å². The van der Waals surface area contributed by atoms with Crippen molar-refractivity contribution in [2.75, 3.05) is 5.73 Å². The lowest BCUT2D eigenvalue weighted by Gasteiger charge is -1.98. The SMILES string of the molecule is Cc1c(Br)c(-c2ccnc(N)c2)nn1C. The van der Waals surface area contributed by atoms with Gasteiger partial charge in [-0.15, -0.1) is 0 Å². The van der Waals surface area contributed by atoms with Crippen LogP contribution in [0.25, 0.3) is 11.3 Å². The number of nitrogens with zero attached hydrogens (tertiary/aromatic N) is 3. The number of halogens is 1. The first kappa shape index (κ1) is 10.2. The van der Waals surface area contributed by atoms with Gasteiger partial charge in [0, 0.05) is 24.5 Å². The standard InChI is InChI=1S/C10H11BrN4/c1-6-9(11)10(14-15(6)2)7-3-4-13-8(12)5-7/h3-5H,1-2H3,(H2,12,13). The highest BCUT2D eigenvalue weighted by molar-refractivity contribution is 9.10. The molecule has 0 radical (unpaired) electrons. The van der Waals surface area contributed by atoms with E-state index in [1.165, 1.54) is 0 Å². The van der Waals surface area contributed by atoms with Gasteiger partial charge in [-0.05, 0) is 35.0 Å². The number of rotatable bonds is 1. The summed E-state index contributed by atoms with van der Waals surface area (Å²) in [5.74, 6) is 0.503. The third-order valence-corrected chi connectivity index (χ3v) is 3.26. The molecule has 78 valence electrons. The molecule has 2 aromatic rings. The van der Waals surface area contributed by atoms with E-state index in [0.717, 1.165) is 21.4 Å². The molecule has 0 aliphatic heterocycles. The molecule has 2 rings (SSSR count). The molecule has 4 nitrogen and oxygen atoms in total. The van der Waals surface area contributed by atoms with E-state index in [4.69, 9.17) is 5.73 Å². The van der Waals surface area contributed by atoms with Gasteiger partial charge in [0.2, 0.25) is 0 Å². The second-order valence-electron chi connectivity index (χ2n) is 3.34. The number of hydrogen-bond donors (Lipinski definition) is 1. The summed E-state index contributed by atoms with van der Waals surface area (Å²) in [6.07, 6.45) is 1.68. The third-order valence-electron chi connectivity index (χ3n) is 2.32. The Balaban J connectivity index is 2.59. The smallest absolute Gasteiger partial charge is 0.123 e. The lowest BCUT2D eigenvalue weighted by molar-refractivity contribution is 0.742. The summed E-state index contributed by atoms with van der Waals surface area (Å²) < 4.78 is 2.83. The molecule has 2 aromatic heterocycles. The Kier molecular flexibility index (Phi) is 2.48. The number of nitrogens with two attached hydrogens (primary N) is 1. The van der Waals surface area contributed by atoms with E-state index in [9.17, 15) is 0 Å². The largest absolute Gasteiger partial charge is 0.384 e. The van der Waals surface area contributed by atoms with Crippen LogP contribution in [0.3, 0.4) is 0 Å². The maximum Gasteiger partial charge on any atom is 0.123 e. The van der Waals surface area contributed by atoms with Crippen molar-refractivity contribution in [3.05, 3.63) is 28.5 Å². The topological polar surface area (TPSA) is 56.7 Å². The second-order valence-corrected chi connectivity index (χ2v) is 4.13. The molecule has 0 amide bonds. The fourth-order valence-corrected chi connectivity index (χ4v) is 1.93. The van der Waals surface area contributed by atoms with E-state index in [1.807, 2.05) is 30.8 Å². The molecule has 0 aliphatic carbocycles. The van der Waals surface area contributed by atoms with Crippen molar-refractivity contribution in [1.82, 2.24) is 14.8 Å². The van der Waals surface area contributed by atoms with Crippen molar-refractivity contribution >= 4 is 21.7 Å². The van der Waals surface area contributed by atoms with Crippen molar-refractivity contribution in [2.45, 2.75) is 6.92 Å². The van der Waals surface area contributed by atoms with Crippen LogP contribution in [0.5, 0.6) is 0 Å². The second kappa shape index (κ2) is 3.66. The molecule has 0 spiro atoms. The van der Waals surface area contributed by atoms with E-state index in [2.05, 4.69) is 26.0 Å². The van der Waals surface area contributed by atoms with Crippen molar-refractivity contribution < 1.29 is 0 Å². The summed E-state index contributed by atoms with van der Waals surface area (Å²) in [6.45, 7) is 2.01. The van der Waals surface area contributed by atoms with Gasteiger partial charge in [-0.1, -0.05) is 0 Å². The van der Waals surface area contributed by atoms with Crippen molar-refractivity contribution in [3.8, 4) is 11.3 Å². The number of aryl methyl sites for hydroxylation is 1. The van der Waals surface area contributed by atoms with Crippen LogP contribution in [-0.4, -0.2) is 14.8 Å². The molecule has 0 bridgehead atoms. The summed E-state index contributed by atoms with van der Waals surface area (Å²) >= 11 is 3.52. The Morgan fingerprint density at radius 2 is 2.20 bits per heavy atom. The molecule has 0 unspecified atom stereocenters. The minimum atomic E-state index is 0.503. The molecule has 2 heterocycles. The molecule has 2 N–H and O–H groups in total. The molecule has 5 heteroatoms. The van der Waals surface area contributed by atoms with Crippen LogP contribution in [0.15, 0.2) is 22.8 Å². The van der Waals surface area contributed by atoms with E-state index < -0.39 is 0 Å². The molecular formula is C10H11BrN4. The van der Waals surface area contributed by atoms with Gasteiger partial charge in [0.25, 0.3) is 0 Å². The normalized spacial score (nSPS) is 10.6. The van der Waals surface area contributed by atoms with Gasteiger partial charge in [-0.25, -0.2) is 4.98 Å². The van der Waals surface area contributed by atoms with Crippen LogP contribution >= 0.6 is 15.9 Å². The predicted octanol–water partition coefficient (Wildman–Crippen LogP) is 2.14. The summed E-state index contributed by atoms with van der Waals surface area (Å²) in [4.78, 5) is 3.95. The molecule has 0 saturated carbocycles. The Labute approximate surface area is 96.3 Å². The number of anilines is 1. The monoisotopic (exact) mass is 266 g/mol. The minimum absolute atomic E-state index is 0.503. The summed E-state index contributed by atoms with van der Waals surface area (Å²) in [7, 11) is 1.91. The number of hydrogen-bond acceptors (Lipinski definition) is 3. The predicted molar refractivity (Wildman–Crippen MR) is 63.3 cm³/mol. The lowest BCUT2D eigenvalue weighted by Crippen LogP contribution is -1.93. The molecular weight excluding hydrogens is 256 g/mol. The average Bonchev–Trinajstić information content (AvgIpc) is 2.46. The maximum atomic E-state index is 5.63. The zero-order valence-electron chi connectivity index (χ0n) is 8.53. The van der Waals surface area contributed by atoms with Gasteiger partial charge >= 0.3 is 0 Å². The van der Waals surface area contributed by atoms with Gasteiger partial charge in [0.05, 0.1) is 4.47 Å². The number of pyridine rings is 1. The minimum Gasteiger partial charge on any atom is -0.384 e. The molecule has 0 fully saturated rings. The van der Waals surface area contributed by atoms with Crippen LogP contribution in [-0.2, 0) is 7.05 Å². The van der Waals surface area contributed by atoms with E-state index >= 15 is 0 Å². The number of nitrogen functional groups attached to an aromatic ring is 1. The first-order valence-electron chi connectivity index (χ1n) is 4.50. The fraction of sp³-hybridized carbons (Fsp3) is 0.200. The zero-order valence-corrected chi connectivity index (χ0v) is 10.1. The van der Waals surface area contributed by atoms with Crippen LogP contribution in [0.1, 0.15) is 5.69 Å². The maximum absolute atomic E-state index is 5.63. The van der Waals surface area contributed by atoms with Crippen LogP contribution in [0, 0.1) is 6.92 Å². The first-order chi connectivity index (χ1) is 7.09. The van der Waals surface area contributed by atoms with Crippen LogP contribution in [0.2, 0.25) is 0 Å². The van der Waals surface area contributed by atoms with Crippen molar-refractivity contribution in [3.63, 3.8) is 0 Å². The first-order valence-corrected chi connectivity index (χ1v) is 5.30. The van der Waals surface area contributed by atoms with Crippen molar-refractivity contribution in [2.24, 2.45) is 7.05 Å². The van der Waals surface area contributed by atoms with Gasteiger partial charge in [0.15, 0.2) is 0 Å². The summed E-state index contributed by atoms with van der Waals surface area (Å²) in [6, 6.07) is 3.70. The van der Waals surface area contributed by atoms with Crippen LogP contribution in [0.4, 0.5) is 5.82 Å². The van der Waals surface area contributed by atoms with E-state index in [1.54, 1.807) is 6.20 Å². The molecule has 0 saturated heterocycles. The molecule has 0 aliphatic rings. The zero-order chi connectivity index (χ0) is 11.0. The van der Waals surface area contributed by atoms with Gasteiger partial charge in [0.1, 0.15) is 11.5 Å². The third kappa shape index (κ3) is 1.74. The Morgan fingerprint density at radius 3 is 2.73 bits per heavy atom. The van der Waals surface area contributed by atoms with Gasteiger partial charge in [-0.3, -0.25) is 4.68 Å². The average molecular weight is 267 g/mol. The highest BCUT2D eigenvalue weighted by Gasteiger charge is 2.12. The highest BCUT2D eigenvalue weighted by atomic mass is 79.9. The molecule has 0 atom stereocenters. The Bertz CT molecular complexity index is 504. The van der Waals surface area contributed by atoms with Crippen molar-refractivity contribution in [1.29, 1.82) is 0 Å². The Morgan fingerprint density at radius 1 is 1.47 bits per heavy atom. The lowest BCUT2D eigenvalue weighted by atomic mass is 10.2. The molecule has 15 heavy (non-hydrogen) atoms. The summed E-state index contributed by atoms with van der Waals surface area (Å²) in [5, 5.41) is 4.41. The fourth-order valence-electron chi connectivity index (χ4n) is 1.36. The summed E-state index contributed by atoms with van der Waals surface area (Å²) in [5.41, 5.74) is 8.58. The van der Waals surface area contributed by atoms with Gasteiger partial charge in [-0.2, -0.15) is 5.10 Å².